The average molecular weight is 423 g/mol. The van der Waals surface area contributed by atoms with E-state index in [2.05, 4.69) is 41.7 Å². The summed E-state index contributed by atoms with van der Waals surface area (Å²) in [6, 6.07) is 18.2. The van der Waals surface area contributed by atoms with Gasteiger partial charge in [-0.1, -0.05) is 47.1 Å². The van der Waals surface area contributed by atoms with Crippen molar-refractivity contribution in [2.45, 2.75) is 25.9 Å². The monoisotopic (exact) mass is 422 g/mol. The van der Waals surface area contributed by atoms with E-state index in [-0.39, 0.29) is 6.61 Å². The van der Waals surface area contributed by atoms with E-state index in [0.717, 1.165) is 40.9 Å². The van der Waals surface area contributed by atoms with Gasteiger partial charge in [-0.25, -0.2) is 0 Å². The van der Waals surface area contributed by atoms with Crippen LogP contribution < -0.4 is 10.1 Å². The molecule has 30 heavy (non-hydrogen) atoms. The molecule has 0 aliphatic heterocycles. The maximum Gasteiger partial charge on any atom is 0.178 e. The summed E-state index contributed by atoms with van der Waals surface area (Å²) < 4.78 is 12.3. The summed E-state index contributed by atoms with van der Waals surface area (Å²) in [6.45, 7) is 3.68. The molecule has 0 spiro atoms. The molecule has 2 heterocycles. The van der Waals surface area contributed by atoms with Crippen molar-refractivity contribution in [2.24, 2.45) is 0 Å². The van der Waals surface area contributed by atoms with E-state index in [4.69, 9.17) is 9.26 Å². The van der Waals surface area contributed by atoms with Crippen LogP contribution in [-0.2, 0) is 6.42 Å². The van der Waals surface area contributed by atoms with E-state index >= 15 is 0 Å². The lowest BCUT2D eigenvalue weighted by molar-refractivity contribution is 0.107. The minimum Gasteiger partial charge on any atom is -0.490 e. The molecule has 2 N–H and O–H groups in total. The molecular weight excluding hydrogens is 396 g/mol. The number of fused-ring (bicyclic) bond motifs is 1. The van der Waals surface area contributed by atoms with Gasteiger partial charge in [0.25, 0.3) is 0 Å². The number of nitrogens with zero attached hydrogens (tertiary/aromatic N) is 1. The second kappa shape index (κ2) is 9.89. The number of aryl methyl sites for hydroxylation is 2. The van der Waals surface area contributed by atoms with Crippen molar-refractivity contribution in [3.8, 4) is 17.0 Å². The third kappa shape index (κ3) is 5.08. The molecule has 4 aromatic rings. The summed E-state index contributed by atoms with van der Waals surface area (Å²) >= 11 is 1.59. The van der Waals surface area contributed by atoms with E-state index in [1.54, 1.807) is 11.3 Å². The van der Waals surface area contributed by atoms with Gasteiger partial charge < -0.3 is 19.7 Å². The molecule has 6 heteroatoms. The Labute approximate surface area is 180 Å². The second-order valence-corrected chi connectivity index (χ2v) is 8.32. The number of aromatic nitrogens is 1. The van der Waals surface area contributed by atoms with Gasteiger partial charge in [-0.3, -0.25) is 0 Å². The number of ether oxygens (including phenoxy) is 1. The van der Waals surface area contributed by atoms with Gasteiger partial charge in [-0.15, -0.1) is 11.3 Å². The van der Waals surface area contributed by atoms with Crippen LogP contribution in [0.25, 0.3) is 21.5 Å². The molecule has 0 radical (unpaired) electrons. The van der Waals surface area contributed by atoms with Crippen LogP contribution in [0.3, 0.4) is 0 Å². The summed E-state index contributed by atoms with van der Waals surface area (Å²) in [5.74, 6) is 0.694. The fourth-order valence-electron chi connectivity index (χ4n) is 3.44. The smallest absolute Gasteiger partial charge is 0.178 e. The SMILES string of the molecule is Cc1cccc(CCCNCC(O)COc2ccccc2-c2noc3ccsc23)c1. The first-order valence-corrected chi connectivity index (χ1v) is 11.1. The fraction of sp³-hybridized carbons (Fsp3) is 0.292. The minimum atomic E-state index is -0.587. The highest BCUT2D eigenvalue weighted by molar-refractivity contribution is 7.17. The number of thiophene rings is 1. The summed E-state index contributed by atoms with van der Waals surface area (Å²) in [4.78, 5) is 0. The molecule has 0 aliphatic carbocycles. The largest absolute Gasteiger partial charge is 0.490 e. The Hall–Kier alpha value is -2.67. The number of benzene rings is 2. The highest BCUT2D eigenvalue weighted by atomic mass is 32.1. The molecule has 1 atom stereocenters. The first-order valence-electron chi connectivity index (χ1n) is 10.2. The number of aliphatic hydroxyl groups excluding tert-OH is 1. The van der Waals surface area contributed by atoms with Crippen molar-refractivity contribution in [2.75, 3.05) is 19.7 Å². The van der Waals surface area contributed by atoms with Crippen LogP contribution in [0.4, 0.5) is 0 Å². The number of nitrogens with one attached hydrogen (secondary N) is 1. The molecule has 0 bridgehead atoms. The Balaban J connectivity index is 1.24. The second-order valence-electron chi connectivity index (χ2n) is 7.40. The Bertz CT molecular complexity index is 1090. The molecule has 1 unspecified atom stereocenters. The fourth-order valence-corrected chi connectivity index (χ4v) is 4.24. The van der Waals surface area contributed by atoms with Crippen molar-refractivity contribution in [3.63, 3.8) is 0 Å². The predicted octanol–water partition coefficient (Wildman–Crippen LogP) is 4.83. The van der Waals surface area contributed by atoms with Gasteiger partial charge in [0, 0.05) is 12.1 Å². The van der Waals surface area contributed by atoms with E-state index in [9.17, 15) is 5.11 Å². The number of para-hydroxylation sites is 1. The molecule has 2 aromatic heterocycles. The summed E-state index contributed by atoms with van der Waals surface area (Å²) in [5, 5.41) is 19.8. The molecular formula is C24H26N2O3S. The van der Waals surface area contributed by atoms with Crippen molar-refractivity contribution >= 4 is 21.6 Å². The predicted molar refractivity (Wildman–Crippen MR) is 121 cm³/mol. The number of hydrogen-bond donors (Lipinski definition) is 2. The minimum absolute atomic E-state index is 0.216. The maximum atomic E-state index is 10.3. The molecule has 0 amide bonds. The van der Waals surface area contributed by atoms with Gasteiger partial charge in [0.05, 0.1) is 0 Å². The Morgan fingerprint density at radius 1 is 1.17 bits per heavy atom. The Kier molecular flexibility index (Phi) is 6.79. The first kappa shape index (κ1) is 20.6. The molecule has 0 saturated carbocycles. The van der Waals surface area contributed by atoms with Gasteiger partial charge >= 0.3 is 0 Å². The summed E-state index contributed by atoms with van der Waals surface area (Å²) in [6.07, 6.45) is 1.47. The van der Waals surface area contributed by atoms with Gasteiger partial charge in [0.15, 0.2) is 5.58 Å². The highest BCUT2D eigenvalue weighted by Gasteiger charge is 2.16. The quantitative estimate of drug-likeness (QED) is 0.359. The van der Waals surface area contributed by atoms with Crippen LogP contribution in [0.15, 0.2) is 64.5 Å². The van der Waals surface area contributed by atoms with Crippen LogP contribution in [0.2, 0.25) is 0 Å². The van der Waals surface area contributed by atoms with Crippen molar-refractivity contribution in [3.05, 3.63) is 71.1 Å². The zero-order chi connectivity index (χ0) is 20.8. The lowest BCUT2D eigenvalue weighted by Crippen LogP contribution is -2.32. The van der Waals surface area contributed by atoms with Crippen molar-refractivity contribution in [1.82, 2.24) is 10.5 Å². The third-order valence-electron chi connectivity index (χ3n) is 4.93. The van der Waals surface area contributed by atoms with Crippen LogP contribution in [0, 0.1) is 6.92 Å². The number of aliphatic hydroxyl groups is 1. The van der Waals surface area contributed by atoms with Crippen LogP contribution in [0.1, 0.15) is 17.5 Å². The molecule has 0 fully saturated rings. The summed E-state index contributed by atoms with van der Waals surface area (Å²) in [7, 11) is 0. The van der Waals surface area contributed by atoms with Gasteiger partial charge in [0.1, 0.15) is 28.9 Å². The first-order chi connectivity index (χ1) is 14.7. The van der Waals surface area contributed by atoms with E-state index in [0.29, 0.717) is 12.3 Å². The zero-order valence-electron chi connectivity index (χ0n) is 17.0. The zero-order valence-corrected chi connectivity index (χ0v) is 17.8. The van der Waals surface area contributed by atoms with Crippen LogP contribution in [0.5, 0.6) is 5.75 Å². The molecule has 0 aliphatic rings. The van der Waals surface area contributed by atoms with Crippen molar-refractivity contribution in [1.29, 1.82) is 0 Å². The van der Waals surface area contributed by atoms with Gasteiger partial charge in [-0.2, -0.15) is 0 Å². The molecule has 156 valence electrons. The standard InChI is InChI=1S/C24H26N2O3S/c1-17-6-4-7-18(14-17)8-5-12-25-15-19(27)16-28-21-10-3-2-9-20(21)23-24-22(29-26-23)11-13-30-24/h2-4,6-7,9-11,13-14,19,25,27H,5,8,12,15-16H2,1H3. The topological polar surface area (TPSA) is 67.5 Å². The van der Waals surface area contributed by atoms with Gasteiger partial charge in [-0.05, 0) is 55.5 Å². The number of hydrogen-bond acceptors (Lipinski definition) is 6. The van der Waals surface area contributed by atoms with Crippen LogP contribution in [-0.4, -0.2) is 36.1 Å². The molecule has 4 rings (SSSR count). The number of rotatable bonds is 10. The molecule has 0 saturated heterocycles. The summed E-state index contributed by atoms with van der Waals surface area (Å²) in [5.41, 5.74) is 5.07. The highest BCUT2D eigenvalue weighted by Crippen LogP contribution is 2.36. The average Bonchev–Trinajstić information content (AvgIpc) is 3.36. The lowest BCUT2D eigenvalue weighted by atomic mass is 10.1. The molecule has 5 nitrogen and oxygen atoms in total. The third-order valence-corrected chi connectivity index (χ3v) is 5.84. The van der Waals surface area contributed by atoms with Crippen molar-refractivity contribution < 1.29 is 14.4 Å². The van der Waals surface area contributed by atoms with E-state index in [1.807, 2.05) is 35.7 Å². The Morgan fingerprint density at radius 2 is 2.07 bits per heavy atom. The molecule has 2 aromatic carbocycles. The van der Waals surface area contributed by atoms with Gasteiger partial charge in [0.2, 0.25) is 0 Å². The van der Waals surface area contributed by atoms with E-state index in [1.165, 1.54) is 11.1 Å². The Morgan fingerprint density at radius 3 is 2.97 bits per heavy atom. The van der Waals surface area contributed by atoms with Crippen LogP contribution >= 0.6 is 11.3 Å². The normalized spacial score (nSPS) is 12.3. The lowest BCUT2D eigenvalue weighted by Gasteiger charge is -2.15. The maximum absolute atomic E-state index is 10.3. The van der Waals surface area contributed by atoms with E-state index < -0.39 is 6.10 Å².